The molecule has 0 aromatic heterocycles. The Morgan fingerprint density at radius 3 is 2.26 bits per heavy atom. The summed E-state index contributed by atoms with van der Waals surface area (Å²) in [5.41, 5.74) is 0.843. The van der Waals surface area contributed by atoms with Crippen molar-refractivity contribution in [2.45, 2.75) is 19.4 Å². The number of hydrogen-bond acceptors (Lipinski definition) is 5. The summed E-state index contributed by atoms with van der Waals surface area (Å²) in [6, 6.07) is 3.57. The van der Waals surface area contributed by atoms with Gasteiger partial charge in [0.2, 0.25) is 5.91 Å². The Labute approximate surface area is 143 Å². The lowest BCUT2D eigenvalue weighted by molar-refractivity contribution is -0.120. The Morgan fingerprint density at radius 1 is 1.09 bits per heavy atom. The second-order valence-corrected chi connectivity index (χ2v) is 5.37. The van der Waals surface area contributed by atoms with Crippen molar-refractivity contribution in [3.05, 3.63) is 17.7 Å². The number of ether oxygens (including phenoxy) is 3. The minimum atomic E-state index is -0.0301. The van der Waals surface area contributed by atoms with Crippen LogP contribution in [0.3, 0.4) is 0 Å². The molecule has 7 heteroatoms. The summed E-state index contributed by atoms with van der Waals surface area (Å²) in [5, 5.41) is 6.04. The van der Waals surface area contributed by atoms with Crippen molar-refractivity contribution >= 4 is 18.3 Å². The van der Waals surface area contributed by atoms with Crippen LogP contribution in [0.4, 0.5) is 0 Å². The van der Waals surface area contributed by atoms with E-state index in [9.17, 15) is 4.79 Å². The summed E-state index contributed by atoms with van der Waals surface area (Å²) in [6.07, 6.45) is 2.55. The van der Waals surface area contributed by atoms with Crippen molar-refractivity contribution in [2.24, 2.45) is 5.92 Å². The number of hydrogen-bond donors (Lipinski definition) is 2. The zero-order valence-electron chi connectivity index (χ0n) is 13.8. The quantitative estimate of drug-likeness (QED) is 0.714. The molecule has 2 rings (SSSR count). The van der Waals surface area contributed by atoms with Crippen molar-refractivity contribution in [2.75, 3.05) is 34.4 Å². The van der Waals surface area contributed by atoms with E-state index in [1.807, 2.05) is 6.07 Å². The van der Waals surface area contributed by atoms with Crippen LogP contribution < -0.4 is 24.8 Å². The molecule has 1 aliphatic rings. The van der Waals surface area contributed by atoms with Crippen LogP contribution >= 0.6 is 12.4 Å². The van der Waals surface area contributed by atoms with E-state index in [2.05, 4.69) is 10.6 Å². The van der Waals surface area contributed by atoms with Crippen LogP contribution in [-0.2, 0) is 11.3 Å². The molecule has 6 nitrogen and oxygen atoms in total. The lowest BCUT2D eigenvalue weighted by atomic mass is 10.1. The molecule has 23 heavy (non-hydrogen) atoms. The van der Waals surface area contributed by atoms with E-state index >= 15 is 0 Å². The Hall–Kier alpha value is -1.66. The van der Waals surface area contributed by atoms with Crippen LogP contribution in [0.15, 0.2) is 12.1 Å². The van der Waals surface area contributed by atoms with Gasteiger partial charge in [0.15, 0.2) is 11.5 Å². The van der Waals surface area contributed by atoms with E-state index in [1.165, 1.54) is 12.8 Å². The van der Waals surface area contributed by atoms with Gasteiger partial charge in [-0.1, -0.05) is 0 Å². The molecule has 1 aromatic rings. The minimum absolute atomic E-state index is 0. The summed E-state index contributed by atoms with van der Waals surface area (Å²) in [6.45, 7) is 1.65. The number of benzene rings is 1. The number of carbonyl (C=O) groups is 1. The average Bonchev–Trinajstić information content (AvgIpc) is 3.36. The van der Waals surface area contributed by atoms with E-state index in [4.69, 9.17) is 14.2 Å². The highest BCUT2D eigenvalue weighted by atomic mass is 35.5. The smallest absolute Gasteiger partial charge is 0.234 e. The monoisotopic (exact) mass is 344 g/mol. The summed E-state index contributed by atoms with van der Waals surface area (Å²) in [7, 11) is 4.74. The Balaban J connectivity index is 0.00000264. The predicted molar refractivity (Wildman–Crippen MR) is 90.8 cm³/mol. The standard InChI is InChI=1S/C16H24N2O4.ClH/c1-20-13-7-15(22-3)14(21-2)6-12(13)9-18-16(19)10-17-8-11-4-5-11;/h6-7,11,17H,4-5,8-10H2,1-3H3,(H,18,19);1H. The van der Waals surface area contributed by atoms with Gasteiger partial charge in [-0.3, -0.25) is 4.79 Å². The molecule has 130 valence electrons. The number of nitrogens with one attached hydrogen (secondary N) is 2. The van der Waals surface area contributed by atoms with Gasteiger partial charge in [-0.15, -0.1) is 12.4 Å². The zero-order valence-corrected chi connectivity index (χ0v) is 14.6. The highest BCUT2D eigenvalue weighted by Crippen LogP contribution is 2.34. The van der Waals surface area contributed by atoms with Gasteiger partial charge in [0, 0.05) is 18.2 Å². The molecular formula is C16H25ClN2O4. The molecule has 0 saturated heterocycles. The molecular weight excluding hydrogens is 320 g/mol. The van der Waals surface area contributed by atoms with Crippen LogP contribution in [0.2, 0.25) is 0 Å². The third-order valence-electron chi connectivity index (χ3n) is 3.68. The fraction of sp³-hybridized carbons (Fsp3) is 0.562. The van der Waals surface area contributed by atoms with Gasteiger partial charge in [-0.2, -0.15) is 0 Å². The largest absolute Gasteiger partial charge is 0.496 e. The summed E-state index contributed by atoms with van der Waals surface area (Å²) in [5.74, 6) is 2.60. The maximum Gasteiger partial charge on any atom is 0.234 e. The lowest BCUT2D eigenvalue weighted by Gasteiger charge is -2.14. The molecule has 1 aromatic carbocycles. The fourth-order valence-corrected chi connectivity index (χ4v) is 2.20. The highest BCUT2D eigenvalue weighted by Gasteiger charge is 2.20. The van der Waals surface area contributed by atoms with Crippen molar-refractivity contribution in [3.63, 3.8) is 0 Å². The molecule has 0 spiro atoms. The average molecular weight is 345 g/mol. The van der Waals surface area contributed by atoms with Gasteiger partial charge in [-0.25, -0.2) is 0 Å². The maximum atomic E-state index is 11.8. The molecule has 1 saturated carbocycles. The third-order valence-corrected chi connectivity index (χ3v) is 3.68. The van der Waals surface area contributed by atoms with Gasteiger partial charge in [0.1, 0.15) is 5.75 Å². The lowest BCUT2D eigenvalue weighted by Crippen LogP contribution is -2.34. The highest BCUT2D eigenvalue weighted by molar-refractivity contribution is 5.85. The summed E-state index contributed by atoms with van der Waals surface area (Å²) < 4.78 is 15.9. The fourth-order valence-electron chi connectivity index (χ4n) is 2.20. The van der Waals surface area contributed by atoms with Crippen LogP contribution in [0, 0.1) is 5.92 Å². The minimum Gasteiger partial charge on any atom is -0.496 e. The van der Waals surface area contributed by atoms with Crippen molar-refractivity contribution in [3.8, 4) is 17.2 Å². The maximum absolute atomic E-state index is 11.8. The van der Waals surface area contributed by atoms with E-state index in [0.717, 1.165) is 18.0 Å². The number of rotatable bonds is 9. The Bertz CT molecular complexity index is 521. The summed E-state index contributed by atoms with van der Waals surface area (Å²) in [4.78, 5) is 11.8. The van der Waals surface area contributed by atoms with Crippen molar-refractivity contribution in [1.82, 2.24) is 10.6 Å². The first kappa shape index (κ1) is 19.4. The van der Waals surface area contributed by atoms with E-state index in [1.54, 1.807) is 27.4 Å². The molecule has 0 aliphatic heterocycles. The SMILES string of the molecule is COc1cc(OC)c(OC)cc1CNC(=O)CNCC1CC1.Cl. The van der Waals surface area contributed by atoms with Crippen LogP contribution in [0.25, 0.3) is 0 Å². The van der Waals surface area contributed by atoms with Gasteiger partial charge in [-0.05, 0) is 31.4 Å². The molecule has 0 atom stereocenters. The van der Waals surface area contributed by atoms with E-state index < -0.39 is 0 Å². The third kappa shape index (κ3) is 5.80. The molecule has 2 N–H and O–H groups in total. The number of amides is 1. The second kappa shape index (κ2) is 9.47. The first-order chi connectivity index (χ1) is 10.7. The van der Waals surface area contributed by atoms with Gasteiger partial charge in [0.05, 0.1) is 27.9 Å². The molecule has 0 unspecified atom stereocenters. The molecule has 1 amide bonds. The normalized spacial score (nSPS) is 13.0. The van der Waals surface area contributed by atoms with Gasteiger partial charge in [0.25, 0.3) is 0 Å². The number of methoxy groups -OCH3 is 3. The molecule has 1 fully saturated rings. The van der Waals surface area contributed by atoms with E-state index in [-0.39, 0.29) is 18.3 Å². The molecule has 0 radical (unpaired) electrons. The van der Waals surface area contributed by atoms with Crippen LogP contribution in [0.1, 0.15) is 18.4 Å². The number of halogens is 1. The first-order valence-corrected chi connectivity index (χ1v) is 7.44. The van der Waals surface area contributed by atoms with Crippen LogP contribution in [0.5, 0.6) is 17.2 Å². The molecule has 0 heterocycles. The predicted octanol–water partition coefficient (Wildman–Crippen LogP) is 1.75. The van der Waals surface area contributed by atoms with E-state index in [0.29, 0.717) is 30.3 Å². The van der Waals surface area contributed by atoms with Gasteiger partial charge >= 0.3 is 0 Å². The van der Waals surface area contributed by atoms with Gasteiger partial charge < -0.3 is 24.8 Å². The molecule has 0 bridgehead atoms. The summed E-state index contributed by atoms with van der Waals surface area (Å²) >= 11 is 0. The topological polar surface area (TPSA) is 68.8 Å². The second-order valence-electron chi connectivity index (χ2n) is 5.37. The first-order valence-electron chi connectivity index (χ1n) is 7.44. The zero-order chi connectivity index (χ0) is 15.9. The van der Waals surface area contributed by atoms with Crippen LogP contribution in [-0.4, -0.2) is 40.3 Å². The molecule has 1 aliphatic carbocycles. The Kier molecular flexibility index (Phi) is 7.98. The van der Waals surface area contributed by atoms with Crippen molar-refractivity contribution < 1.29 is 19.0 Å². The number of carbonyl (C=O) groups excluding carboxylic acids is 1. The Morgan fingerprint density at radius 2 is 1.70 bits per heavy atom. The van der Waals surface area contributed by atoms with Crippen molar-refractivity contribution in [1.29, 1.82) is 0 Å².